The van der Waals surface area contributed by atoms with E-state index in [2.05, 4.69) is 62.7 Å². The minimum atomic E-state index is 0.402. The highest BCUT2D eigenvalue weighted by molar-refractivity contribution is 7.12. The van der Waals surface area contributed by atoms with Crippen molar-refractivity contribution in [3.8, 4) is 0 Å². The molecule has 0 bridgehead atoms. The SMILES string of the molecule is Cc1cc(CNc2c(C)nn(C(C)C)c2C)c(C)s1. The topological polar surface area (TPSA) is 29.9 Å². The Morgan fingerprint density at radius 3 is 2.42 bits per heavy atom. The first-order valence-electron chi connectivity index (χ1n) is 6.75. The van der Waals surface area contributed by atoms with Gasteiger partial charge in [0.15, 0.2) is 0 Å². The van der Waals surface area contributed by atoms with Crippen molar-refractivity contribution in [2.75, 3.05) is 5.32 Å². The van der Waals surface area contributed by atoms with Gasteiger partial charge in [0.25, 0.3) is 0 Å². The lowest BCUT2D eigenvalue weighted by Crippen LogP contribution is -2.06. The second kappa shape index (κ2) is 5.37. The molecular weight excluding hydrogens is 254 g/mol. The molecule has 0 saturated carbocycles. The molecule has 19 heavy (non-hydrogen) atoms. The fourth-order valence-corrected chi connectivity index (χ4v) is 3.41. The van der Waals surface area contributed by atoms with Gasteiger partial charge in [-0.05, 0) is 53.2 Å². The first-order chi connectivity index (χ1) is 8.90. The molecule has 2 heterocycles. The Morgan fingerprint density at radius 1 is 1.26 bits per heavy atom. The van der Waals surface area contributed by atoms with Crippen molar-refractivity contribution < 1.29 is 0 Å². The van der Waals surface area contributed by atoms with Gasteiger partial charge in [0.2, 0.25) is 0 Å². The number of aromatic nitrogens is 2. The van der Waals surface area contributed by atoms with Crippen LogP contribution in [-0.2, 0) is 6.54 Å². The minimum absolute atomic E-state index is 0.402. The van der Waals surface area contributed by atoms with Gasteiger partial charge in [-0.3, -0.25) is 4.68 Å². The lowest BCUT2D eigenvalue weighted by Gasteiger charge is -2.10. The third-order valence-corrected chi connectivity index (χ3v) is 4.42. The Kier molecular flexibility index (Phi) is 3.99. The summed E-state index contributed by atoms with van der Waals surface area (Å²) in [6, 6.07) is 2.67. The van der Waals surface area contributed by atoms with E-state index in [0.29, 0.717) is 6.04 Å². The Morgan fingerprint density at radius 2 is 1.95 bits per heavy atom. The molecule has 0 aliphatic rings. The number of hydrogen-bond acceptors (Lipinski definition) is 3. The molecule has 0 aliphatic carbocycles. The second-order valence-corrected chi connectivity index (χ2v) is 6.84. The maximum absolute atomic E-state index is 4.61. The summed E-state index contributed by atoms with van der Waals surface area (Å²) in [5.41, 5.74) is 4.86. The number of thiophene rings is 1. The van der Waals surface area contributed by atoms with Crippen molar-refractivity contribution in [3.05, 3.63) is 32.8 Å². The Balaban J connectivity index is 2.18. The van der Waals surface area contributed by atoms with Crippen LogP contribution in [0.3, 0.4) is 0 Å². The molecule has 0 amide bonds. The molecular formula is C15H23N3S. The van der Waals surface area contributed by atoms with Crippen LogP contribution in [0, 0.1) is 27.7 Å². The van der Waals surface area contributed by atoms with Gasteiger partial charge >= 0.3 is 0 Å². The first kappa shape index (κ1) is 14.1. The van der Waals surface area contributed by atoms with Crippen molar-refractivity contribution in [2.45, 2.75) is 54.1 Å². The zero-order valence-corrected chi connectivity index (χ0v) is 13.5. The van der Waals surface area contributed by atoms with E-state index in [1.807, 2.05) is 11.3 Å². The molecule has 2 aromatic heterocycles. The average Bonchev–Trinajstić information content (AvgIpc) is 2.77. The molecule has 4 heteroatoms. The summed E-state index contributed by atoms with van der Waals surface area (Å²) in [5.74, 6) is 0. The average molecular weight is 277 g/mol. The fraction of sp³-hybridized carbons (Fsp3) is 0.533. The van der Waals surface area contributed by atoms with Gasteiger partial charge in [0.1, 0.15) is 0 Å². The van der Waals surface area contributed by atoms with E-state index in [9.17, 15) is 0 Å². The molecule has 0 aliphatic heterocycles. The summed E-state index contributed by atoms with van der Waals surface area (Å²) in [7, 11) is 0. The van der Waals surface area contributed by atoms with E-state index in [1.165, 1.54) is 26.7 Å². The first-order valence-corrected chi connectivity index (χ1v) is 7.57. The van der Waals surface area contributed by atoms with E-state index < -0.39 is 0 Å². The number of nitrogens with one attached hydrogen (secondary N) is 1. The molecule has 0 fully saturated rings. The molecule has 104 valence electrons. The van der Waals surface area contributed by atoms with E-state index in [0.717, 1.165) is 12.2 Å². The highest BCUT2D eigenvalue weighted by Crippen LogP contribution is 2.25. The quantitative estimate of drug-likeness (QED) is 0.899. The van der Waals surface area contributed by atoms with E-state index in [4.69, 9.17) is 0 Å². The lowest BCUT2D eigenvalue weighted by atomic mass is 10.2. The zero-order valence-electron chi connectivity index (χ0n) is 12.7. The van der Waals surface area contributed by atoms with Gasteiger partial charge in [-0.1, -0.05) is 0 Å². The Bertz CT molecular complexity index is 578. The van der Waals surface area contributed by atoms with Gasteiger partial charge < -0.3 is 5.32 Å². The molecule has 0 radical (unpaired) electrons. The molecule has 2 rings (SSSR count). The number of nitrogens with zero attached hydrogens (tertiary/aromatic N) is 2. The highest BCUT2D eigenvalue weighted by Gasteiger charge is 2.13. The summed E-state index contributed by atoms with van der Waals surface area (Å²) in [4.78, 5) is 2.78. The normalized spacial score (nSPS) is 11.3. The van der Waals surface area contributed by atoms with Crippen LogP contribution >= 0.6 is 11.3 Å². The molecule has 3 nitrogen and oxygen atoms in total. The van der Waals surface area contributed by atoms with Crippen LogP contribution in [0.25, 0.3) is 0 Å². The summed E-state index contributed by atoms with van der Waals surface area (Å²) in [6.07, 6.45) is 0. The van der Waals surface area contributed by atoms with Crippen molar-refractivity contribution in [3.63, 3.8) is 0 Å². The number of hydrogen-bond donors (Lipinski definition) is 1. The summed E-state index contributed by atoms with van der Waals surface area (Å²) >= 11 is 1.86. The summed E-state index contributed by atoms with van der Waals surface area (Å²) in [6.45, 7) is 13.8. The number of rotatable bonds is 4. The van der Waals surface area contributed by atoms with Crippen LogP contribution in [0.1, 0.15) is 46.6 Å². The molecule has 0 unspecified atom stereocenters. The van der Waals surface area contributed by atoms with Crippen LogP contribution in [0.15, 0.2) is 6.07 Å². The molecule has 2 aromatic rings. The maximum atomic E-state index is 4.61. The molecule has 0 atom stereocenters. The molecule has 0 saturated heterocycles. The maximum Gasteiger partial charge on any atom is 0.0828 e. The van der Waals surface area contributed by atoms with Gasteiger partial charge in [-0.25, -0.2) is 0 Å². The molecule has 0 spiro atoms. The number of anilines is 1. The number of aryl methyl sites for hydroxylation is 3. The monoisotopic (exact) mass is 277 g/mol. The van der Waals surface area contributed by atoms with Crippen LogP contribution in [-0.4, -0.2) is 9.78 Å². The Hall–Kier alpha value is -1.29. The van der Waals surface area contributed by atoms with Crippen LogP contribution in [0.5, 0.6) is 0 Å². The highest BCUT2D eigenvalue weighted by atomic mass is 32.1. The van der Waals surface area contributed by atoms with Crippen molar-refractivity contribution in [1.82, 2.24) is 9.78 Å². The van der Waals surface area contributed by atoms with Crippen molar-refractivity contribution in [2.24, 2.45) is 0 Å². The van der Waals surface area contributed by atoms with Crippen molar-refractivity contribution >= 4 is 17.0 Å². The van der Waals surface area contributed by atoms with Crippen LogP contribution in [0.2, 0.25) is 0 Å². The Labute approximate surface area is 119 Å². The van der Waals surface area contributed by atoms with E-state index in [1.54, 1.807) is 0 Å². The predicted octanol–water partition coefficient (Wildman–Crippen LogP) is 4.37. The van der Waals surface area contributed by atoms with Gasteiger partial charge in [0.05, 0.1) is 17.1 Å². The third-order valence-electron chi connectivity index (χ3n) is 3.41. The largest absolute Gasteiger partial charge is 0.378 e. The molecule has 0 aromatic carbocycles. The van der Waals surface area contributed by atoms with Crippen molar-refractivity contribution in [1.29, 1.82) is 0 Å². The fourth-order valence-electron chi connectivity index (χ4n) is 2.46. The van der Waals surface area contributed by atoms with Gasteiger partial charge in [0, 0.05) is 22.3 Å². The second-order valence-electron chi connectivity index (χ2n) is 5.38. The van der Waals surface area contributed by atoms with Gasteiger partial charge in [-0.15, -0.1) is 11.3 Å². The standard InChI is InChI=1S/C15H23N3S/c1-9(2)18-12(5)15(11(4)17-18)16-8-14-7-10(3)19-13(14)6/h7,9,16H,8H2,1-6H3. The summed E-state index contributed by atoms with van der Waals surface area (Å²) < 4.78 is 2.09. The van der Waals surface area contributed by atoms with Crippen LogP contribution < -0.4 is 5.32 Å². The smallest absolute Gasteiger partial charge is 0.0828 e. The predicted molar refractivity (Wildman–Crippen MR) is 83.2 cm³/mol. The third kappa shape index (κ3) is 2.84. The molecule has 1 N–H and O–H groups in total. The van der Waals surface area contributed by atoms with E-state index >= 15 is 0 Å². The summed E-state index contributed by atoms with van der Waals surface area (Å²) in [5, 5.41) is 8.16. The van der Waals surface area contributed by atoms with Gasteiger partial charge in [-0.2, -0.15) is 5.10 Å². The lowest BCUT2D eigenvalue weighted by molar-refractivity contribution is 0.516. The zero-order chi connectivity index (χ0) is 14.2. The van der Waals surface area contributed by atoms with E-state index in [-0.39, 0.29) is 0 Å². The minimum Gasteiger partial charge on any atom is -0.378 e. The van der Waals surface area contributed by atoms with Crippen LogP contribution in [0.4, 0.5) is 5.69 Å².